The van der Waals surface area contributed by atoms with Gasteiger partial charge in [-0.05, 0) is 18.4 Å². The molecule has 108 valence electrons. The van der Waals surface area contributed by atoms with Crippen molar-refractivity contribution in [2.24, 2.45) is 5.92 Å². The van der Waals surface area contributed by atoms with Crippen LogP contribution in [0.15, 0.2) is 40.9 Å². The average Bonchev–Trinajstić information content (AvgIpc) is 3.02. The van der Waals surface area contributed by atoms with Crippen molar-refractivity contribution in [2.75, 3.05) is 4.90 Å². The van der Waals surface area contributed by atoms with Gasteiger partial charge in [0.2, 0.25) is 11.8 Å². The number of carbonyl (C=O) groups excluding carboxylic acids is 2. The van der Waals surface area contributed by atoms with Crippen molar-refractivity contribution in [1.82, 2.24) is 5.16 Å². The molecule has 0 radical (unpaired) electrons. The summed E-state index contributed by atoms with van der Waals surface area (Å²) in [5.74, 6) is 0.0682. The molecule has 0 aliphatic carbocycles. The minimum absolute atomic E-state index is 0.0133. The Balaban J connectivity index is 1.87. The van der Waals surface area contributed by atoms with Crippen LogP contribution >= 0.6 is 0 Å². The lowest BCUT2D eigenvalue weighted by Gasteiger charge is -2.17. The van der Waals surface area contributed by atoms with E-state index < -0.39 is 0 Å². The van der Waals surface area contributed by atoms with Crippen LogP contribution in [-0.4, -0.2) is 17.0 Å². The molecular weight excluding hydrogens is 268 g/mol. The fraction of sp³-hybridized carbons (Fsp3) is 0.312. The summed E-state index contributed by atoms with van der Waals surface area (Å²) in [6.45, 7) is 3.70. The van der Waals surface area contributed by atoms with Gasteiger partial charge in [-0.1, -0.05) is 42.4 Å². The maximum atomic E-state index is 12.6. The smallest absolute Gasteiger partial charge is 0.239 e. The van der Waals surface area contributed by atoms with Crippen LogP contribution in [0.1, 0.15) is 30.6 Å². The van der Waals surface area contributed by atoms with Gasteiger partial charge < -0.3 is 4.52 Å². The molecule has 1 aromatic carbocycles. The lowest BCUT2D eigenvalue weighted by molar-refractivity contribution is -0.122. The van der Waals surface area contributed by atoms with Crippen molar-refractivity contribution in [2.45, 2.75) is 26.2 Å². The van der Waals surface area contributed by atoms with Gasteiger partial charge >= 0.3 is 0 Å². The van der Waals surface area contributed by atoms with Crippen LogP contribution in [0.5, 0.6) is 0 Å². The van der Waals surface area contributed by atoms with E-state index in [0.29, 0.717) is 5.76 Å². The van der Waals surface area contributed by atoms with E-state index in [1.807, 2.05) is 37.3 Å². The summed E-state index contributed by atoms with van der Waals surface area (Å²) in [4.78, 5) is 25.9. The van der Waals surface area contributed by atoms with E-state index >= 15 is 0 Å². The third-order valence-electron chi connectivity index (χ3n) is 3.96. The van der Waals surface area contributed by atoms with Gasteiger partial charge in [-0.2, -0.15) is 0 Å². The van der Waals surface area contributed by atoms with Gasteiger partial charge in [0.1, 0.15) is 5.76 Å². The molecule has 5 nitrogen and oxygen atoms in total. The first-order valence-corrected chi connectivity index (χ1v) is 6.93. The number of benzene rings is 1. The van der Waals surface area contributed by atoms with E-state index in [-0.39, 0.29) is 35.9 Å². The zero-order valence-electron chi connectivity index (χ0n) is 11.9. The average molecular weight is 284 g/mol. The first-order chi connectivity index (χ1) is 10.1. The Morgan fingerprint density at radius 3 is 2.62 bits per heavy atom. The molecule has 5 heteroatoms. The first-order valence-electron chi connectivity index (χ1n) is 6.93. The molecule has 0 spiro atoms. The van der Waals surface area contributed by atoms with Gasteiger partial charge in [-0.25, -0.2) is 4.90 Å². The molecule has 2 atom stereocenters. The monoisotopic (exact) mass is 284 g/mol. The first kappa shape index (κ1) is 13.5. The standard InChI is InChI=1S/C16H16N2O3/c1-10-8-14(17-21-10)18-15(19)9-13(16(18)20)11(2)12-6-4-3-5-7-12/h3-8,11,13H,9H2,1-2H3/t11-,13-/m0/s1. The van der Waals surface area contributed by atoms with E-state index in [1.165, 1.54) is 0 Å². The molecule has 2 aromatic rings. The minimum Gasteiger partial charge on any atom is -0.360 e. The van der Waals surface area contributed by atoms with Gasteiger partial charge in [-0.15, -0.1) is 0 Å². The SMILES string of the molecule is Cc1cc(N2C(=O)C[C@@H]([C@@H](C)c3ccccc3)C2=O)no1. The molecule has 21 heavy (non-hydrogen) atoms. The second-order valence-corrected chi connectivity index (χ2v) is 5.37. The molecule has 1 aliphatic rings. The van der Waals surface area contributed by atoms with Crippen molar-refractivity contribution in [3.63, 3.8) is 0 Å². The van der Waals surface area contributed by atoms with Gasteiger partial charge in [0.25, 0.3) is 0 Å². The summed E-state index contributed by atoms with van der Waals surface area (Å²) in [6, 6.07) is 11.4. The lowest BCUT2D eigenvalue weighted by Crippen LogP contribution is -2.31. The fourth-order valence-electron chi connectivity index (χ4n) is 2.73. The highest BCUT2D eigenvalue weighted by molar-refractivity contribution is 6.20. The molecule has 2 heterocycles. The number of amides is 2. The Hall–Kier alpha value is -2.43. The number of aromatic nitrogens is 1. The molecule has 0 bridgehead atoms. The molecule has 1 aromatic heterocycles. The largest absolute Gasteiger partial charge is 0.360 e. The molecule has 3 rings (SSSR count). The summed E-state index contributed by atoms with van der Waals surface area (Å²) in [5, 5.41) is 3.77. The van der Waals surface area contributed by atoms with Crippen LogP contribution in [0.4, 0.5) is 5.82 Å². The maximum absolute atomic E-state index is 12.6. The van der Waals surface area contributed by atoms with E-state index in [9.17, 15) is 9.59 Å². The molecule has 0 N–H and O–H groups in total. The van der Waals surface area contributed by atoms with Crippen LogP contribution in [0.2, 0.25) is 0 Å². The molecule has 1 fully saturated rings. The van der Waals surface area contributed by atoms with Crippen molar-refractivity contribution < 1.29 is 14.1 Å². The number of aryl methyl sites for hydroxylation is 1. The number of rotatable bonds is 3. The number of hydrogen-bond donors (Lipinski definition) is 0. The van der Waals surface area contributed by atoms with E-state index in [0.717, 1.165) is 10.5 Å². The third-order valence-corrected chi connectivity index (χ3v) is 3.96. The highest BCUT2D eigenvalue weighted by atomic mass is 16.5. The Morgan fingerprint density at radius 1 is 1.29 bits per heavy atom. The number of imide groups is 1. The molecule has 1 saturated heterocycles. The summed E-state index contributed by atoms with van der Waals surface area (Å²) in [7, 11) is 0. The van der Waals surface area contributed by atoms with Crippen LogP contribution in [0, 0.1) is 12.8 Å². The topological polar surface area (TPSA) is 63.4 Å². The van der Waals surface area contributed by atoms with Crippen molar-refractivity contribution in [3.05, 3.63) is 47.7 Å². The second-order valence-electron chi connectivity index (χ2n) is 5.37. The number of anilines is 1. The van der Waals surface area contributed by atoms with Crippen molar-refractivity contribution >= 4 is 17.6 Å². The highest BCUT2D eigenvalue weighted by Gasteiger charge is 2.43. The van der Waals surface area contributed by atoms with E-state index in [2.05, 4.69) is 5.16 Å². The van der Waals surface area contributed by atoms with Gasteiger partial charge in [-0.3, -0.25) is 9.59 Å². The van der Waals surface area contributed by atoms with Gasteiger partial charge in [0.05, 0.1) is 5.92 Å². The maximum Gasteiger partial charge on any atom is 0.239 e. The van der Waals surface area contributed by atoms with Crippen molar-refractivity contribution in [1.29, 1.82) is 0 Å². The lowest BCUT2D eigenvalue weighted by atomic mass is 9.86. The van der Waals surface area contributed by atoms with Crippen molar-refractivity contribution in [3.8, 4) is 0 Å². The zero-order valence-corrected chi connectivity index (χ0v) is 11.9. The highest BCUT2D eigenvalue weighted by Crippen LogP contribution is 2.35. The third kappa shape index (κ3) is 2.35. The summed E-state index contributed by atoms with van der Waals surface area (Å²) in [6.07, 6.45) is 0.209. The van der Waals surface area contributed by atoms with E-state index in [1.54, 1.807) is 13.0 Å². The van der Waals surface area contributed by atoms with Crippen LogP contribution < -0.4 is 4.90 Å². The quantitative estimate of drug-likeness (QED) is 0.813. The fourth-order valence-corrected chi connectivity index (χ4v) is 2.73. The zero-order chi connectivity index (χ0) is 15.0. The molecular formula is C16H16N2O3. The molecule has 0 saturated carbocycles. The summed E-state index contributed by atoms with van der Waals surface area (Å²) in [5.41, 5.74) is 1.06. The number of nitrogens with zero attached hydrogens (tertiary/aromatic N) is 2. The summed E-state index contributed by atoms with van der Waals surface area (Å²) >= 11 is 0. The normalized spacial score (nSPS) is 20.1. The van der Waals surface area contributed by atoms with Crippen LogP contribution in [-0.2, 0) is 9.59 Å². The molecule has 0 unspecified atom stereocenters. The van der Waals surface area contributed by atoms with E-state index in [4.69, 9.17) is 4.52 Å². The Morgan fingerprint density at radius 2 is 2.00 bits per heavy atom. The Bertz CT molecular complexity index is 678. The predicted octanol–water partition coefficient (Wildman–Crippen LogP) is 2.67. The Labute approximate surface area is 122 Å². The minimum atomic E-state index is -0.350. The molecule has 1 aliphatic heterocycles. The van der Waals surface area contributed by atoms with Gasteiger partial charge in [0, 0.05) is 12.5 Å². The van der Waals surface area contributed by atoms with Crippen LogP contribution in [0.25, 0.3) is 0 Å². The predicted molar refractivity (Wildman–Crippen MR) is 76.7 cm³/mol. The number of carbonyl (C=O) groups is 2. The number of hydrogen-bond acceptors (Lipinski definition) is 4. The second kappa shape index (κ2) is 5.16. The Kier molecular flexibility index (Phi) is 3.33. The molecule has 2 amide bonds. The van der Waals surface area contributed by atoms with Gasteiger partial charge in [0.15, 0.2) is 5.82 Å². The van der Waals surface area contributed by atoms with Crippen LogP contribution in [0.3, 0.4) is 0 Å². The summed E-state index contributed by atoms with van der Waals surface area (Å²) < 4.78 is 4.96.